The number of hydrogen-bond acceptors (Lipinski definition) is 1. The number of rotatable bonds is 2. The Hall–Kier alpha value is -0.820. The molecule has 0 amide bonds. The minimum atomic E-state index is -0.233. The molecule has 0 aliphatic heterocycles. The van der Waals surface area contributed by atoms with Crippen LogP contribution in [0.5, 0.6) is 0 Å². The van der Waals surface area contributed by atoms with Crippen LogP contribution in [-0.2, 0) is 4.79 Å². The van der Waals surface area contributed by atoms with Gasteiger partial charge in [0.15, 0.2) is 0 Å². The summed E-state index contributed by atoms with van der Waals surface area (Å²) in [4.78, 5) is 10.3. The minimum Gasteiger partial charge on any atom is -0.290 e. The second-order valence-corrected chi connectivity index (χ2v) is 2.77. The fourth-order valence-corrected chi connectivity index (χ4v) is 1.19. The maximum Gasteiger partial charge on any atom is 0.206 e. The van der Waals surface area contributed by atoms with Crippen molar-refractivity contribution in [3.8, 4) is 0 Å². The molecule has 1 radical (unpaired) electrons. The molecule has 57 valence electrons. The zero-order valence-corrected chi connectivity index (χ0v) is 6.93. The standard InChI is InChI=1S/C9H8ClO/c1-7(6-11)8-4-2-3-5-9(8)10/h2-5,7H,1H3. The van der Waals surface area contributed by atoms with Crippen molar-refractivity contribution in [3.05, 3.63) is 34.9 Å². The third-order valence-corrected chi connectivity index (χ3v) is 1.89. The Kier molecular flexibility index (Phi) is 2.66. The summed E-state index contributed by atoms with van der Waals surface area (Å²) in [6, 6.07) is 7.29. The molecule has 0 N–H and O–H groups in total. The van der Waals surface area contributed by atoms with E-state index >= 15 is 0 Å². The summed E-state index contributed by atoms with van der Waals surface area (Å²) in [6.45, 7) is 1.77. The Balaban J connectivity index is 3.02. The molecule has 0 fully saturated rings. The van der Waals surface area contributed by atoms with E-state index in [0.29, 0.717) is 5.02 Å². The van der Waals surface area contributed by atoms with Crippen LogP contribution in [0.2, 0.25) is 5.02 Å². The highest BCUT2D eigenvalue weighted by Gasteiger charge is 2.07. The van der Waals surface area contributed by atoms with Crippen LogP contribution < -0.4 is 0 Å². The van der Waals surface area contributed by atoms with Crippen molar-refractivity contribution >= 4 is 17.9 Å². The molecule has 0 aliphatic rings. The van der Waals surface area contributed by atoms with Gasteiger partial charge in [-0.05, 0) is 11.6 Å². The summed E-state index contributed by atoms with van der Waals surface area (Å²) in [6.07, 6.45) is 1.89. The summed E-state index contributed by atoms with van der Waals surface area (Å²) >= 11 is 5.82. The normalized spacial score (nSPS) is 12.5. The first-order chi connectivity index (χ1) is 5.25. The lowest BCUT2D eigenvalue weighted by atomic mass is 10.0. The minimum absolute atomic E-state index is 0.233. The van der Waals surface area contributed by atoms with Gasteiger partial charge in [0.1, 0.15) is 0 Å². The molecular weight excluding hydrogens is 160 g/mol. The molecule has 1 aromatic rings. The fourth-order valence-electron chi connectivity index (χ4n) is 0.890. The van der Waals surface area contributed by atoms with E-state index in [1.807, 2.05) is 24.5 Å². The summed E-state index contributed by atoms with van der Waals surface area (Å²) in [7, 11) is 0. The summed E-state index contributed by atoms with van der Waals surface area (Å²) < 4.78 is 0. The second kappa shape index (κ2) is 3.54. The quantitative estimate of drug-likeness (QED) is 0.662. The molecule has 1 atom stereocenters. The molecular formula is C9H8ClO. The van der Waals surface area contributed by atoms with Crippen LogP contribution in [0.4, 0.5) is 0 Å². The van der Waals surface area contributed by atoms with Gasteiger partial charge in [-0.3, -0.25) is 4.79 Å². The summed E-state index contributed by atoms with van der Waals surface area (Å²) in [5.41, 5.74) is 0.837. The average Bonchev–Trinajstić information content (AvgIpc) is 2.04. The molecule has 0 spiro atoms. The van der Waals surface area contributed by atoms with Crippen LogP contribution in [0.15, 0.2) is 24.3 Å². The van der Waals surface area contributed by atoms with Gasteiger partial charge < -0.3 is 0 Å². The molecule has 1 aromatic carbocycles. The van der Waals surface area contributed by atoms with Crippen LogP contribution in [0.3, 0.4) is 0 Å². The van der Waals surface area contributed by atoms with Crippen molar-refractivity contribution in [1.29, 1.82) is 0 Å². The van der Waals surface area contributed by atoms with Crippen LogP contribution in [0.1, 0.15) is 18.4 Å². The number of carbonyl (C=O) groups excluding carboxylic acids is 1. The maximum absolute atomic E-state index is 10.3. The first-order valence-electron chi connectivity index (χ1n) is 3.38. The Bertz CT molecular complexity index is 257. The maximum atomic E-state index is 10.3. The van der Waals surface area contributed by atoms with E-state index in [9.17, 15) is 4.79 Å². The van der Waals surface area contributed by atoms with Crippen molar-refractivity contribution in [1.82, 2.24) is 0 Å². The fraction of sp³-hybridized carbons (Fsp3) is 0.222. The molecule has 1 rings (SSSR count). The Labute approximate surface area is 71.0 Å². The van der Waals surface area contributed by atoms with E-state index in [1.165, 1.54) is 0 Å². The first kappa shape index (κ1) is 8.28. The van der Waals surface area contributed by atoms with Gasteiger partial charge in [-0.2, -0.15) is 0 Å². The van der Waals surface area contributed by atoms with Gasteiger partial charge in [0, 0.05) is 10.9 Å². The average molecular weight is 168 g/mol. The lowest BCUT2D eigenvalue weighted by Gasteiger charge is -2.03. The lowest BCUT2D eigenvalue weighted by Crippen LogP contribution is -1.94. The van der Waals surface area contributed by atoms with E-state index in [0.717, 1.165) is 5.56 Å². The SMILES string of the molecule is CC([C]=O)c1ccccc1Cl. The third-order valence-electron chi connectivity index (χ3n) is 1.55. The van der Waals surface area contributed by atoms with Gasteiger partial charge in [0.2, 0.25) is 6.29 Å². The van der Waals surface area contributed by atoms with Crippen molar-refractivity contribution < 1.29 is 4.79 Å². The molecule has 0 aromatic heterocycles. The molecule has 0 saturated carbocycles. The molecule has 1 nitrogen and oxygen atoms in total. The third kappa shape index (κ3) is 1.81. The Morgan fingerprint density at radius 3 is 2.64 bits per heavy atom. The van der Waals surface area contributed by atoms with E-state index < -0.39 is 0 Å². The summed E-state index contributed by atoms with van der Waals surface area (Å²) in [5.74, 6) is -0.233. The predicted octanol–water partition coefficient (Wildman–Crippen LogP) is 2.55. The highest BCUT2D eigenvalue weighted by molar-refractivity contribution is 6.31. The van der Waals surface area contributed by atoms with Gasteiger partial charge in [0.25, 0.3) is 0 Å². The van der Waals surface area contributed by atoms with Crippen LogP contribution in [-0.4, -0.2) is 6.29 Å². The zero-order valence-electron chi connectivity index (χ0n) is 6.17. The van der Waals surface area contributed by atoms with Crippen molar-refractivity contribution in [2.45, 2.75) is 12.8 Å². The number of halogens is 1. The predicted molar refractivity (Wildman–Crippen MR) is 45.6 cm³/mol. The smallest absolute Gasteiger partial charge is 0.206 e. The van der Waals surface area contributed by atoms with Gasteiger partial charge in [0.05, 0.1) is 0 Å². The molecule has 0 saturated heterocycles. The molecule has 11 heavy (non-hydrogen) atoms. The van der Waals surface area contributed by atoms with Crippen molar-refractivity contribution in [3.63, 3.8) is 0 Å². The highest BCUT2D eigenvalue weighted by atomic mass is 35.5. The van der Waals surface area contributed by atoms with Gasteiger partial charge in [-0.1, -0.05) is 36.7 Å². The number of hydrogen-bond donors (Lipinski definition) is 0. The summed E-state index contributed by atoms with van der Waals surface area (Å²) in [5, 5.41) is 0.628. The number of benzene rings is 1. The molecule has 0 heterocycles. The topological polar surface area (TPSA) is 17.1 Å². The van der Waals surface area contributed by atoms with Gasteiger partial charge in [-0.15, -0.1) is 0 Å². The van der Waals surface area contributed by atoms with E-state index in [2.05, 4.69) is 0 Å². The largest absolute Gasteiger partial charge is 0.290 e. The molecule has 0 bridgehead atoms. The van der Waals surface area contributed by atoms with Gasteiger partial charge >= 0.3 is 0 Å². The van der Waals surface area contributed by atoms with Crippen LogP contribution in [0, 0.1) is 0 Å². The van der Waals surface area contributed by atoms with Crippen LogP contribution in [0.25, 0.3) is 0 Å². The second-order valence-electron chi connectivity index (χ2n) is 2.36. The zero-order chi connectivity index (χ0) is 8.27. The van der Waals surface area contributed by atoms with E-state index in [1.54, 1.807) is 13.0 Å². The highest BCUT2D eigenvalue weighted by Crippen LogP contribution is 2.21. The monoisotopic (exact) mass is 167 g/mol. The molecule has 2 heteroatoms. The Morgan fingerprint density at radius 2 is 2.09 bits per heavy atom. The van der Waals surface area contributed by atoms with Crippen LogP contribution >= 0.6 is 11.6 Å². The van der Waals surface area contributed by atoms with Crippen molar-refractivity contribution in [2.75, 3.05) is 0 Å². The molecule has 1 unspecified atom stereocenters. The Morgan fingerprint density at radius 1 is 1.45 bits per heavy atom. The van der Waals surface area contributed by atoms with Gasteiger partial charge in [-0.25, -0.2) is 0 Å². The van der Waals surface area contributed by atoms with E-state index in [4.69, 9.17) is 11.6 Å². The van der Waals surface area contributed by atoms with Crippen molar-refractivity contribution in [2.24, 2.45) is 0 Å². The molecule has 0 aliphatic carbocycles. The lowest BCUT2D eigenvalue weighted by molar-refractivity contribution is 0.546. The van der Waals surface area contributed by atoms with E-state index in [-0.39, 0.29) is 5.92 Å². The first-order valence-corrected chi connectivity index (χ1v) is 3.75.